The zero-order valence-corrected chi connectivity index (χ0v) is 18.3. The number of ketones is 1. The van der Waals surface area contributed by atoms with Crippen LogP contribution < -0.4 is 0 Å². The van der Waals surface area contributed by atoms with Gasteiger partial charge < -0.3 is 5.11 Å². The van der Waals surface area contributed by atoms with E-state index in [0.717, 1.165) is 19.1 Å². The van der Waals surface area contributed by atoms with Crippen LogP contribution in [0.1, 0.15) is 36.2 Å². The van der Waals surface area contributed by atoms with Gasteiger partial charge in [-0.15, -0.1) is 0 Å². The highest BCUT2D eigenvalue weighted by Crippen LogP contribution is 2.64. The van der Waals surface area contributed by atoms with Crippen molar-refractivity contribution in [2.24, 2.45) is 0 Å². The smallest absolute Gasteiger partial charge is 0.385 e. The van der Waals surface area contributed by atoms with Gasteiger partial charge in [-0.3, -0.25) is 4.79 Å². The van der Waals surface area contributed by atoms with Crippen molar-refractivity contribution in [2.45, 2.75) is 73.5 Å². The number of rotatable bonds is 10. The zero-order chi connectivity index (χ0) is 30.8. The molecule has 220 valence electrons. The highest BCUT2D eigenvalue weighted by Gasteiger charge is 2.95. The topological polar surface area (TPSA) is 37.3 Å². The first-order valence-electron chi connectivity index (χ1n) is 9.42. The molecule has 0 fully saturated rings. The lowest BCUT2D eigenvalue weighted by Crippen LogP contribution is -2.74. The summed E-state index contributed by atoms with van der Waals surface area (Å²) in [5.41, 5.74) is -4.48. The summed E-state index contributed by atoms with van der Waals surface area (Å²) in [6.07, 6.45) is -10.9. The third-order valence-electron chi connectivity index (χ3n) is 5.27. The van der Waals surface area contributed by atoms with E-state index in [1.165, 1.54) is 0 Å². The lowest BCUT2D eigenvalue weighted by Gasteiger charge is -2.43. The lowest BCUT2D eigenvalue weighted by atomic mass is 9.83. The minimum Gasteiger partial charge on any atom is -0.385 e. The summed E-state index contributed by atoms with van der Waals surface area (Å²) in [6.45, 7) is 1.16. The molecule has 0 saturated carbocycles. The molecule has 0 aromatic heterocycles. The molecule has 0 aliphatic carbocycles. The van der Waals surface area contributed by atoms with Gasteiger partial charge in [-0.05, 0) is 19.4 Å². The summed E-state index contributed by atoms with van der Waals surface area (Å²) in [5, 5.41) is 10.0. The first-order chi connectivity index (χ1) is 16.4. The van der Waals surface area contributed by atoms with Crippen molar-refractivity contribution in [1.82, 2.24) is 0 Å². The van der Waals surface area contributed by atoms with Crippen molar-refractivity contribution in [1.29, 1.82) is 0 Å². The average Bonchev–Trinajstić information content (AvgIpc) is 2.71. The van der Waals surface area contributed by atoms with E-state index in [1.54, 1.807) is 0 Å². The van der Waals surface area contributed by atoms with Crippen molar-refractivity contribution in [3.8, 4) is 0 Å². The van der Waals surface area contributed by atoms with Crippen LogP contribution in [0.15, 0.2) is 24.3 Å². The molecule has 1 aromatic rings. The van der Waals surface area contributed by atoms with Gasteiger partial charge in [-0.1, -0.05) is 24.3 Å². The molecule has 2 nitrogen and oxygen atoms in total. The molecule has 0 heterocycles. The van der Waals surface area contributed by atoms with Gasteiger partial charge in [-0.25, -0.2) is 0 Å². The molecule has 1 aromatic carbocycles. The number of hydrogen-bond acceptors (Lipinski definition) is 2. The Kier molecular flexibility index (Phi) is 8.08. The van der Waals surface area contributed by atoms with Crippen LogP contribution in [0, 0.1) is 0 Å². The first-order valence-corrected chi connectivity index (χ1v) is 9.42. The fourth-order valence-electron chi connectivity index (χ4n) is 2.91. The van der Waals surface area contributed by atoms with Crippen LogP contribution in [-0.2, 0) is 5.60 Å². The predicted octanol–water partition coefficient (Wildman–Crippen LogP) is 7.50. The van der Waals surface area contributed by atoms with E-state index in [-0.39, 0.29) is 12.5 Å². The fourth-order valence-corrected chi connectivity index (χ4v) is 2.91. The maximum Gasteiger partial charge on any atom is 0.460 e. The molecule has 0 aliphatic rings. The van der Waals surface area contributed by atoms with Gasteiger partial charge in [0.25, 0.3) is 0 Å². The van der Waals surface area contributed by atoms with Crippen LogP contribution in [-0.4, -0.2) is 58.5 Å². The zero-order valence-electron chi connectivity index (χ0n) is 18.3. The molecular weight excluding hydrogens is 583 g/mol. The third-order valence-corrected chi connectivity index (χ3v) is 5.27. The van der Waals surface area contributed by atoms with Crippen molar-refractivity contribution in [3.63, 3.8) is 0 Å². The van der Waals surface area contributed by atoms with Crippen molar-refractivity contribution < 1.29 is 84.5 Å². The van der Waals surface area contributed by atoms with Crippen molar-refractivity contribution >= 4 is 5.78 Å². The van der Waals surface area contributed by atoms with Crippen LogP contribution in [0.2, 0.25) is 0 Å². The predicted molar refractivity (Wildman–Crippen MR) is 91.3 cm³/mol. The summed E-state index contributed by atoms with van der Waals surface area (Å²) in [7, 11) is 0. The summed E-state index contributed by atoms with van der Waals surface area (Å²) in [6, 6.07) is 2.75. The lowest BCUT2D eigenvalue weighted by molar-refractivity contribution is -0.462. The monoisotopic (exact) mass is 596 g/mol. The number of benzene rings is 1. The summed E-state index contributed by atoms with van der Waals surface area (Å²) in [5.74, 6) is -57.9. The van der Waals surface area contributed by atoms with Gasteiger partial charge in [0.15, 0.2) is 5.78 Å². The van der Waals surface area contributed by atoms with E-state index in [1.807, 2.05) is 0 Å². The minimum atomic E-state index is -8.72. The molecule has 0 saturated heterocycles. The largest absolute Gasteiger partial charge is 0.460 e. The number of hydrogen-bond donors (Lipinski definition) is 1. The summed E-state index contributed by atoms with van der Waals surface area (Å²) >= 11 is 0. The molecule has 19 heteroatoms. The van der Waals surface area contributed by atoms with Gasteiger partial charge in [-0.2, -0.15) is 74.6 Å². The summed E-state index contributed by atoms with van der Waals surface area (Å²) in [4.78, 5) is 11.2. The standard InChI is InChI=1S/C19H13F17O2/c1-8(37)9-3-5-10(6-4-9)11(2,38)7-12(20,21)13(22,23)14(24,25)15(26,27)16(28,29)17(30,31)18(32,33)19(34,35)36/h3-6,38H,7H2,1-2H3. The van der Waals surface area contributed by atoms with Crippen LogP contribution in [0.25, 0.3) is 0 Å². The maximum atomic E-state index is 14.2. The number of aliphatic hydroxyl groups is 1. The molecule has 1 atom stereocenters. The number of alkyl halides is 17. The Morgan fingerprint density at radius 1 is 0.605 bits per heavy atom. The number of carbonyl (C=O) groups excluding carboxylic acids is 1. The van der Waals surface area contributed by atoms with Crippen molar-refractivity contribution in [3.05, 3.63) is 35.4 Å². The Bertz CT molecular complexity index is 1020. The molecule has 0 spiro atoms. The highest BCUT2D eigenvalue weighted by atomic mass is 19.4. The second-order valence-corrected chi connectivity index (χ2v) is 8.23. The molecule has 0 aliphatic heterocycles. The molecule has 1 unspecified atom stereocenters. The Hall–Kier alpha value is -2.34. The van der Waals surface area contributed by atoms with E-state index >= 15 is 0 Å². The number of Topliss-reactive ketones (excluding diaryl/α,β-unsaturated/α-hetero) is 1. The Morgan fingerprint density at radius 2 is 0.921 bits per heavy atom. The van der Waals surface area contributed by atoms with Crippen molar-refractivity contribution in [2.75, 3.05) is 0 Å². The SMILES string of the molecule is CC(=O)c1ccc(C(C)(O)CC(F)(F)C(F)(F)C(F)(F)C(F)(F)C(F)(F)C(F)(F)C(F)(F)C(F)(F)F)cc1. The van der Waals surface area contributed by atoms with Gasteiger partial charge in [0.2, 0.25) is 0 Å². The molecule has 0 radical (unpaired) electrons. The number of carbonyl (C=O) groups is 1. The van der Waals surface area contributed by atoms with E-state index in [0.29, 0.717) is 12.1 Å². The Balaban J connectivity index is 3.59. The van der Waals surface area contributed by atoms with Gasteiger partial charge in [0.1, 0.15) is 0 Å². The Morgan fingerprint density at radius 3 is 1.24 bits per heavy atom. The van der Waals surface area contributed by atoms with Crippen LogP contribution in [0.3, 0.4) is 0 Å². The van der Waals surface area contributed by atoms with Crippen LogP contribution in [0.4, 0.5) is 74.6 Å². The van der Waals surface area contributed by atoms with E-state index in [2.05, 4.69) is 0 Å². The first kappa shape index (κ1) is 33.7. The van der Waals surface area contributed by atoms with Gasteiger partial charge in [0, 0.05) is 5.56 Å². The van der Waals surface area contributed by atoms with Gasteiger partial charge >= 0.3 is 47.6 Å². The fraction of sp³-hybridized carbons (Fsp3) is 0.632. The second-order valence-electron chi connectivity index (χ2n) is 8.23. The van der Waals surface area contributed by atoms with Gasteiger partial charge in [0.05, 0.1) is 12.0 Å². The molecule has 0 bridgehead atoms. The normalized spacial score (nSPS) is 16.8. The maximum absolute atomic E-state index is 14.2. The average molecular weight is 596 g/mol. The third kappa shape index (κ3) is 4.78. The highest BCUT2D eigenvalue weighted by molar-refractivity contribution is 5.94. The molecule has 1 N–H and O–H groups in total. The summed E-state index contributed by atoms with van der Waals surface area (Å²) < 4.78 is 227. The minimum absolute atomic E-state index is 0.174. The second kappa shape index (κ2) is 9.11. The molecular formula is C19H13F17O2. The number of halogens is 17. The quantitative estimate of drug-likeness (QED) is 0.225. The van der Waals surface area contributed by atoms with E-state index < -0.39 is 71.0 Å². The molecule has 0 amide bonds. The van der Waals surface area contributed by atoms with Crippen LogP contribution >= 0.6 is 0 Å². The van der Waals surface area contributed by atoms with E-state index in [4.69, 9.17) is 0 Å². The Labute approximate surface area is 200 Å². The molecule has 38 heavy (non-hydrogen) atoms. The van der Waals surface area contributed by atoms with Crippen LogP contribution in [0.5, 0.6) is 0 Å². The molecule has 1 rings (SSSR count). The van der Waals surface area contributed by atoms with E-state index in [9.17, 15) is 84.5 Å².